The minimum atomic E-state index is -0.0442. The van der Waals surface area contributed by atoms with Crippen LogP contribution < -0.4 is 0 Å². The number of carbonyl (C=O) groups is 1. The average molecular weight is 300 g/mol. The number of nitrogens with zero attached hydrogens (tertiary/aromatic N) is 1. The predicted molar refractivity (Wildman–Crippen MR) is 73.8 cm³/mol. The van der Waals surface area contributed by atoms with Crippen molar-refractivity contribution in [3.05, 3.63) is 28.0 Å². The molecule has 2 heterocycles. The molecule has 3 nitrogen and oxygen atoms in total. The molecule has 1 saturated heterocycles. The Balaban J connectivity index is 1.79. The number of Topliss-reactive ketones (excluding diaryl/α,β-unsaturated/α-hetero) is 1. The summed E-state index contributed by atoms with van der Waals surface area (Å²) in [5.41, 5.74) is 0.296. The molecule has 0 aromatic carbocycles. The third kappa shape index (κ3) is 2.51. The average Bonchev–Trinajstić information content (AvgIpc) is 2.36. The van der Waals surface area contributed by atoms with Gasteiger partial charge < -0.3 is 4.74 Å². The molecular weight excluding hydrogens is 285 g/mol. The van der Waals surface area contributed by atoms with Crippen LogP contribution in [-0.2, 0) is 4.74 Å². The summed E-state index contributed by atoms with van der Waals surface area (Å²) in [7, 11) is 0. The number of hydrogen-bond acceptors (Lipinski definition) is 3. The third-order valence-corrected chi connectivity index (χ3v) is 4.66. The van der Waals surface area contributed by atoms with Crippen LogP contribution in [0.2, 0.25) is 10.0 Å². The summed E-state index contributed by atoms with van der Waals surface area (Å²) in [4.78, 5) is 16.6. The normalized spacial score (nSPS) is 25.1. The molecule has 1 aliphatic heterocycles. The standard InChI is InChI=1S/C14H15Cl2NO2/c15-10-6-11(16)12(17-8-10)13(18)9-2-5-19-14(7-9)3-1-4-14/h6,8-9H,1-5,7H2. The van der Waals surface area contributed by atoms with E-state index in [9.17, 15) is 4.79 Å². The number of aromatic nitrogens is 1. The van der Waals surface area contributed by atoms with Crippen molar-refractivity contribution in [3.63, 3.8) is 0 Å². The van der Waals surface area contributed by atoms with E-state index >= 15 is 0 Å². The Hall–Kier alpha value is -0.640. The topological polar surface area (TPSA) is 39.2 Å². The summed E-state index contributed by atoms with van der Waals surface area (Å²) in [5, 5.41) is 0.788. The van der Waals surface area contributed by atoms with Crippen molar-refractivity contribution in [2.24, 2.45) is 5.92 Å². The van der Waals surface area contributed by atoms with Gasteiger partial charge in [0.2, 0.25) is 0 Å². The molecule has 102 valence electrons. The Morgan fingerprint density at radius 2 is 2.21 bits per heavy atom. The lowest BCUT2D eigenvalue weighted by atomic mass is 9.71. The number of hydrogen-bond donors (Lipinski definition) is 0. The van der Waals surface area contributed by atoms with Gasteiger partial charge in [-0.1, -0.05) is 23.2 Å². The fourth-order valence-electron chi connectivity index (χ4n) is 2.96. The van der Waals surface area contributed by atoms with Crippen LogP contribution in [0.1, 0.15) is 42.6 Å². The Kier molecular flexibility index (Phi) is 3.54. The largest absolute Gasteiger partial charge is 0.375 e. The van der Waals surface area contributed by atoms with Crippen LogP contribution in [-0.4, -0.2) is 23.0 Å². The highest BCUT2D eigenvalue weighted by Crippen LogP contribution is 2.45. The molecule has 1 spiro atoms. The maximum atomic E-state index is 12.5. The van der Waals surface area contributed by atoms with Crippen LogP contribution in [0.4, 0.5) is 0 Å². The summed E-state index contributed by atoms with van der Waals surface area (Å²) in [6.45, 7) is 0.654. The van der Waals surface area contributed by atoms with Crippen molar-refractivity contribution >= 4 is 29.0 Å². The van der Waals surface area contributed by atoms with E-state index in [-0.39, 0.29) is 17.3 Å². The van der Waals surface area contributed by atoms with Gasteiger partial charge in [-0.3, -0.25) is 4.79 Å². The SMILES string of the molecule is O=C(c1ncc(Cl)cc1Cl)C1CCOC2(CCC2)C1. The highest BCUT2D eigenvalue weighted by Gasteiger charge is 2.44. The maximum Gasteiger partial charge on any atom is 0.185 e. The van der Waals surface area contributed by atoms with Gasteiger partial charge in [0.1, 0.15) is 5.69 Å². The molecule has 0 bridgehead atoms. The van der Waals surface area contributed by atoms with Crippen molar-refractivity contribution < 1.29 is 9.53 Å². The van der Waals surface area contributed by atoms with E-state index in [2.05, 4.69) is 4.98 Å². The van der Waals surface area contributed by atoms with Crippen LogP contribution in [0.15, 0.2) is 12.3 Å². The van der Waals surface area contributed by atoms with Crippen LogP contribution in [0, 0.1) is 5.92 Å². The van der Waals surface area contributed by atoms with E-state index < -0.39 is 0 Å². The number of carbonyl (C=O) groups excluding carboxylic acids is 1. The second kappa shape index (κ2) is 5.04. The molecule has 2 fully saturated rings. The minimum Gasteiger partial charge on any atom is -0.375 e. The van der Waals surface area contributed by atoms with Crippen LogP contribution in [0.25, 0.3) is 0 Å². The Bertz CT molecular complexity index is 514. The van der Waals surface area contributed by atoms with E-state index in [1.807, 2.05) is 0 Å². The van der Waals surface area contributed by atoms with Gasteiger partial charge in [-0.15, -0.1) is 0 Å². The van der Waals surface area contributed by atoms with Crippen LogP contribution in [0.5, 0.6) is 0 Å². The predicted octanol–water partition coefficient (Wildman–Crippen LogP) is 3.92. The summed E-state index contributed by atoms with van der Waals surface area (Å²) in [6, 6.07) is 1.57. The summed E-state index contributed by atoms with van der Waals surface area (Å²) in [5.74, 6) is -0.00327. The fourth-order valence-corrected chi connectivity index (χ4v) is 3.43. The van der Waals surface area contributed by atoms with Gasteiger partial charge >= 0.3 is 0 Å². The number of rotatable bonds is 2. The molecule has 1 saturated carbocycles. The van der Waals surface area contributed by atoms with Gasteiger partial charge in [0.25, 0.3) is 0 Å². The molecule has 1 aromatic rings. The van der Waals surface area contributed by atoms with Crippen molar-refractivity contribution in [1.82, 2.24) is 4.98 Å². The Morgan fingerprint density at radius 1 is 1.42 bits per heavy atom. The molecule has 2 aliphatic rings. The van der Waals surface area contributed by atoms with E-state index in [0.29, 0.717) is 22.3 Å². The highest BCUT2D eigenvalue weighted by atomic mass is 35.5. The molecule has 1 unspecified atom stereocenters. The second-order valence-corrected chi connectivity index (χ2v) is 6.27. The monoisotopic (exact) mass is 299 g/mol. The van der Waals surface area contributed by atoms with Gasteiger partial charge in [-0.05, 0) is 38.2 Å². The van der Waals surface area contributed by atoms with Crippen molar-refractivity contribution in [3.8, 4) is 0 Å². The van der Waals surface area contributed by atoms with Gasteiger partial charge in [0.05, 0.1) is 15.6 Å². The number of ketones is 1. The smallest absolute Gasteiger partial charge is 0.185 e. The van der Waals surface area contributed by atoms with Gasteiger partial charge in [0, 0.05) is 18.7 Å². The van der Waals surface area contributed by atoms with E-state index in [1.165, 1.54) is 12.6 Å². The summed E-state index contributed by atoms with van der Waals surface area (Å²) in [6.07, 6.45) is 6.35. The van der Waals surface area contributed by atoms with Gasteiger partial charge in [-0.2, -0.15) is 0 Å². The van der Waals surface area contributed by atoms with E-state index in [4.69, 9.17) is 27.9 Å². The Morgan fingerprint density at radius 3 is 2.84 bits per heavy atom. The van der Waals surface area contributed by atoms with Gasteiger partial charge in [-0.25, -0.2) is 4.98 Å². The molecule has 0 N–H and O–H groups in total. The molecule has 19 heavy (non-hydrogen) atoms. The first-order chi connectivity index (χ1) is 9.10. The third-order valence-electron chi connectivity index (χ3n) is 4.17. The minimum absolute atomic E-state index is 0.0243. The molecule has 1 atom stereocenters. The molecular formula is C14H15Cl2NO2. The van der Waals surface area contributed by atoms with Crippen molar-refractivity contribution in [1.29, 1.82) is 0 Å². The van der Waals surface area contributed by atoms with Crippen molar-refractivity contribution in [2.45, 2.75) is 37.7 Å². The number of halogens is 2. The zero-order valence-electron chi connectivity index (χ0n) is 10.5. The van der Waals surface area contributed by atoms with Crippen LogP contribution in [0.3, 0.4) is 0 Å². The maximum absolute atomic E-state index is 12.5. The highest BCUT2D eigenvalue weighted by molar-refractivity contribution is 6.36. The lowest BCUT2D eigenvalue weighted by Gasteiger charge is -2.46. The molecule has 0 amide bonds. The van der Waals surface area contributed by atoms with Gasteiger partial charge in [0.15, 0.2) is 5.78 Å². The summed E-state index contributed by atoms with van der Waals surface area (Å²) < 4.78 is 5.84. The molecule has 0 radical (unpaired) electrons. The number of ether oxygens (including phenoxy) is 1. The second-order valence-electron chi connectivity index (χ2n) is 5.42. The molecule has 1 aromatic heterocycles. The molecule has 3 rings (SSSR count). The first-order valence-electron chi connectivity index (χ1n) is 6.59. The van der Waals surface area contributed by atoms with E-state index in [1.54, 1.807) is 6.07 Å². The quantitative estimate of drug-likeness (QED) is 0.777. The Labute approximate surface area is 122 Å². The summed E-state index contributed by atoms with van der Waals surface area (Å²) >= 11 is 11.9. The zero-order valence-corrected chi connectivity index (χ0v) is 12.0. The fraction of sp³-hybridized carbons (Fsp3) is 0.571. The first-order valence-corrected chi connectivity index (χ1v) is 7.34. The van der Waals surface area contributed by atoms with Crippen molar-refractivity contribution in [2.75, 3.05) is 6.61 Å². The van der Waals surface area contributed by atoms with E-state index in [0.717, 1.165) is 25.7 Å². The molecule has 5 heteroatoms. The lowest BCUT2D eigenvalue weighted by molar-refractivity contribution is -0.137. The van der Waals surface area contributed by atoms with Crippen LogP contribution >= 0.6 is 23.2 Å². The lowest BCUT2D eigenvalue weighted by Crippen LogP contribution is -2.47. The first kappa shape index (κ1) is 13.3. The number of pyridine rings is 1. The zero-order chi connectivity index (χ0) is 13.5. The molecule has 1 aliphatic carbocycles.